The van der Waals surface area contributed by atoms with Crippen LogP contribution in [-0.2, 0) is 5.54 Å². The summed E-state index contributed by atoms with van der Waals surface area (Å²) < 4.78 is 11.4. The van der Waals surface area contributed by atoms with E-state index >= 15 is 0 Å². The molecule has 1 atom stereocenters. The largest absolute Gasteiger partial charge is 0.497 e. The lowest BCUT2D eigenvalue weighted by molar-refractivity contribution is 0.0930. The zero-order valence-electron chi connectivity index (χ0n) is 19.4. The number of likely N-dealkylation sites (N-methyl/N-ethyl adjacent to an activating group) is 1. The van der Waals surface area contributed by atoms with Crippen molar-refractivity contribution in [1.82, 2.24) is 15.2 Å². The molecule has 2 aromatic carbocycles. The van der Waals surface area contributed by atoms with Crippen LogP contribution in [0.5, 0.6) is 11.5 Å². The molecule has 4 rings (SSSR count). The molecular weight excluding hydrogens is 402 g/mol. The second-order valence-electron chi connectivity index (χ2n) is 8.88. The molecule has 3 aromatic rings. The van der Waals surface area contributed by atoms with E-state index < -0.39 is 5.54 Å². The van der Waals surface area contributed by atoms with Gasteiger partial charge in [0.15, 0.2) is 0 Å². The SMILES string of the molecule is COc1cc(C2(NC(=O)c3cc(OC[C@@H](C)N(C)C)ccc3C)CC2)c2cccnc2c1. The molecule has 1 N–H and O–H groups in total. The Morgan fingerprint density at radius 1 is 1.19 bits per heavy atom. The highest BCUT2D eigenvalue weighted by molar-refractivity contribution is 5.97. The van der Waals surface area contributed by atoms with Crippen LogP contribution in [0.25, 0.3) is 10.9 Å². The van der Waals surface area contributed by atoms with Crippen molar-refractivity contribution in [2.24, 2.45) is 0 Å². The Morgan fingerprint density at radius 2 is 1.97 bits per heavy atom. The van der Waals surface area contributed by atoms with Crippen LogP contribution in [0.1, 0.15) is 41.3 Å². The molecule has 1 aliphatic carbocycles. The summed E-state index contributed by atoms with van der Waals surface area (Å²) in [6.45, 7) is 4.61. The lowest BCUT2D eigenvalue weighted by Crippen LogP contribution is -2.35. The Hall–Kier alpha value is -3.12. The number of nitrogens with one attached hydrogen (secondary N) is 1. The molecule has 0 radical (unpaired) electrons. The van der Waals surface area contributed by atoms with Gasteiger partial charge in [-0.1, -0.05) is 12.1 Å². The van der Waals surface area contributed by atoms with Crippen LogP contribution in [0.15, 0.2) is 48.7 Å². The highest BCUT2D eigenvalue weighted by Gasteiger charge is 2.47. The lowest BCUT2D eigenvalue weighted by atomic mass is 9.97. The predicted octanol–water partition coefficient (Wildman–Crippen LogP) is 4.30. The lowest BCUT2D eigenvalue weighted by Gasteiger charge is -2.22. The maximum Gasteiger partial charge on any atom is 0.252 e. The van der Waals surface area contributed by atoms with Crippen molar-refractivity contribution in [3.05, 3.63) is 65.4 Å². The minimum Gasteiger partial charge on any atom is -0.497 e. The van der Waals surface area contributed by atoms with Crippen LogP contribution in [-0.4, -0.2) is 49.6 Å². The maximum absolute atomic E-state index is 13.4. The number of hydrogen-bond acceptors (Lipinski definition) is 5. The summed E-state index contributed by atoms with van der Waals surface area (Å²) in [6, 6.07) is 13.9. The molecule has 6 nitrogen and oxygen atoms in total. The van der Waals surface area contributed by atoms with E-state index in [-0.39, 0.29) is 11.9 Å². The van der Waals surface area contributed by atoms with Gasteiger partial charge in [0, 0.05) is 29.3 Å². The molecule has 1 heterocycles. The number of hydrogen-bond donors (Lipinski definition) is 1. The number of ether oxygens (including phenoxy) is 2. The molecule has 0 aliphatic heterocycles. The van der Waals surface area contributed by atoms with Crippen LogP contribution in [0, 0.1) is 6.92 Å². The Labute approximate surface area is 189 Å². The fraction of sp³-hybridized carbons (Fsp3) is 0.385. The van der Waals surface area contributed by atoms with Crippen LogP contribution in [0.4, 0.5) is 0 Å². The minimum atomic E-state index is -0.407. The average Bonchev–Trinajstić information content (AvgIpc) is 3.57. The quantitative estimate of drug-likeness (QED) is 0.574. The Kier molecular flexibility index (Phi) is 6.07. The van der Waals surface area contributed by atoms with Crippen LogP contribution < -0.4 is 14.8 Å². The normalized spacial score (nSPS) is 15.4. The van der Waals surface area contributed by atoms with Crippen molar-refractivity contribution < 1.29 is 14.3 Å². The molecule has 1 aromatic heterocycles. The van der Waals surface area contributed by atoms with Gasteiger partial charge in [-0.2, -0.15) is 0 Å². The number of aromatic nitrogens is 1. The highest BCUT2D eigenvalue weighted by Crippen LogP contribution is 2.49. The number of aryl methyl sites for hydroxylation is 1. The molecule has 168 valence electrons. The summed E-state index contributed by atoms with van der Waals surface area (Å²) >= 11 is 0. The summed E-state index contributed by atoms with van der Waals surface area (Å²) in [6.07, 6.45) is 3.53. The molecule has 0 saturated heterocycles. The monoisotopic (exact) mass is 433 g/mol. The number of pyridine rings is 1. The van der Waals surface area contributed by atoms with E-state index in [4.69, 9.17) is 9.47 Å². The molecule has 1 amide bonds. The predicted molar refractivity (Wildman–Crippen MR) is 126 cm³/mol. The van der Waals surface area contributed by atoms with E-state index in [9.17, 15) is 4.79 Å². The van der Waals surface area contributed by atoms with Crippen LogP contribution >= 0.6 is 0 Å². The fourth-order valence-electron chi connectivity index (χ4n) is 3.84. The topological polar surface area (TPSA) is 63.7 Å². The number of nitrogens with zero attached hydrogens (tertiary/aromatic N) is 2. The smallest absolute Gasteiger partial charge is 0.252 e. The van der Waals surface area contributed by atoms with Gasteiger partial charge >= 0.3 is 0 Å². The van der Waals surface area contributed by atoms with Gasteiger partial charge in [0.2, 0.25) is 0 Å². The Balaban J connectivity index is 1.60. The molecule has 32 heavy (non-hydrogen) atoms. The van der Waals surface area contributed by atoms with Gasteiger partial charge in [-0.25, -0.2) is 0 Å². The molecule has 1 saturated carbocycles. The third-order valence-electron chi connectivity index (χ3n) is 6.37. The third kappa shape index (κ3) is 4.41. The molecule has 1 fully saturated rings. The highest BCUT2D eigenvalue weighted by atomic mass is 16.5. The van der Waals surface area contributed by atoms with Gasteiger partial charge in [-0.15, -0.1) is 0 Å². The van der Waals surface area contributed by atoms with E-state index in [2.05, 4.69) is 28.2 Å². The standard InChI is InChI=1S/C26H31N3O3/c1-17-8-9-19(32-16-18(2)29(3)4)13-22(17)25(30)28-26(10-11-26)23-14-20(31-5)15-24-21(23)7-6-12-27-24/h6-9,12-15,18H,10-11,16H2,1-5H3,(H,28,30)/t18-/m1/s1. The first-order valence-corrected chi connectivity index (χ1v) is 11.0. The van der Waals surface area contributed by atoms with Gasteiger partial charge in [-0.3, -0.25) is 9.78 Å². The zero-order valence-corrected chi connectivity index (χ0v) is 19.4. The fourth-order valence-corrected chi connectivity index (χ4v) is 3.84. The van der Waals surface area contributed by atoms with Crippen LogP contribution in [0.3, 0.4) is 0 Å². The molecular formula is C26H31N3O3. The van der Waals surface area contributed by atoms with Gasteiger partial charge in [0.05, 0.1) is 18.2 Å². The summed E-state index contributed by atoms with van der Waals surface area (Å²) in [7, 11) is 5.70. The van der Waals surface area contributed by atoms with Crippen molar-refractivity contribution in [2.75, 3.05) is 27.8 Å². The van der Waals surface area contributed by atoms with Gasteiger partial charge < -0.3 is 19.7 Å². The number of amides is 1. The number of fused-ring (bicyclic) bond motifs is 1. The van der Waals surface area contributed by atoms with E-state index in [0.717, 1.165) is 40.6 Å². The molecule has 0 spiro atoms. The first kappa shape index (κ1) is 22.1. The first-order chi connectivity index (χ1) is 15.3. The number of carbonyl (C=O) groups is 1. The van der Waals surface area contributed by atoms with Gasteiger partial charge in [0.1, 0.15) is 18.1 Å². The number of carbonyl (C=O) groups excluding carboxylic acids is 1. The van der Waals surface area contributed by atoms with Crippen molar-refractivity contribution in [3.8, 4) is 11.5 Å². The second-order valence-corrected chi connectivity index (χ2v) is 8.88. The zero-order chi connectivity index (χ0) is 22.9. The Bertz CT molecular complexity index is 1140. The van der Waals surface area contributed by atoms with Crippen molar-refractivity contribution in [2.45, 2.75) is 38.3 Å². The third-order valence-corrected chi connectivity index (χ3v) is 6.37. The molecule has 0 bridgehead atoms. The summed E-state index contributed by atoms with van der Waals surface area (Å²) in [5.74, 6) is 1.36. The van der Waals surface area contributed by atoms with Crippen molar-refractivity contribution >= 4 is 16.8 Å². The van der Waals surface area contributed by atoms with E-state index in [1.165, 1.54) is 0 Å². The summed E-state index contributed by atoms with van der Waals surface area (Å²) in [4.78, 5) is 20.0. The first-order valence-electron chi connectivity index (χ1n) is 11.0. The summed E-state index contributed by atoms with van der Waals surface area (Å²) in [5, 5.41) is 4.35. The second kappa shape index (κ2) is 8.79. The van der Waals surface area contributed by atoms with Gasteiger partial charge in [-0.05, 0) is 76.2 Å². The summed E-state index contributed by atoms with van der Waals surface area (Å²) in [5.41, 5.74) is 3.07. The molecule has 1 aliphatic rings. The number of rotatable bonds is 8. The number of benzene rings is 2. The number of methoxy groups -OCH3 is 1. The van der Waals surface area contributed by atoms with Crippen molar-refractivity contribution in [1.29, 1.82) is 0 Å². The van der Waals surface area contributed by atoms with E-state index in [1.807, 2.05) is 57.4 Å². The van der Waals surface area contributed by atoms with Crippen molar-refractivity contribution in [3.63, 3.8) is 0 Å². The van der Waals surface area contributed by atoms with E-state index in [0.29, 0.717) is 17.9 Å². The Morgan fingerprint density at radius 3 is 2.66 bits per heavy atom. The van der Waals surface area contributed by atoms with E-state index in [1.54, 1.807) is 13.3 Å². The average molecular weight is 434 g/mol. The minimum absolute atomic E-state index is 0.0917. The molecule has 6 heteroatoms. The maximum atomic E-state index is 13.4. The van der Waals surface area contributed by atoms with Crippen LogP contribution in [0.2, 0.25) is 0 Å². The van der Waals surface area contributed by atoms with Gasteiger partial charge in [0.25, 0.3) is 5.91 Å². The molecule has 0 unspecified atom stereocenters.